The second-order valence-electron chi connectivity index (χ2n) is 4.53. The Bertz CT molecular complexity index is 386. The molecule has 98 valence electrons. The van der Waals surface area contributed by atoms with Gasteiger partial charge in [0.05, 0.1) is 6.61 Å². The number of nitrogens with one attached hydrogen (secondary N) is 2. The summed E-state index contributed by atoms with van der Waals surface area (Å²) in [7, 11) is 0. The molecule has 5 heteroatoms. The minimum atomic E-state index is -0.546. The molecular formula is C13H19N3O2. The van der Waals surface area contributed by atoms with Crippen LogP contribution < -0.4 is 16.4 Å². The zero-order chi connectivity index (χ0) is 12.8. The molecule has 5 nitrogen and oxygen atoms in total. The molecule has 1 aliphatic rings. The number of carbonyl (C=O) groups is 1. The average molecular weight is 249 g/mol. The molecule has 1 saturated heterocycles. The number of benzene rings is 1. The summed E-state index contributed by atoms with van der Waals surface area (Å²) < 4.78 is 5.43. The van der Waals surface area contributed by atoms with Crippen LogP contribution in [-0.2, 0) is 4.74 Å². The largest absolute Gasteiger partial charge is 0.385 e. The fourth-order valence-corrected chi connectivity index (χ4v) is 2.04. The summed E-state index contributed by atoms with van der Waals surface area (Å²) in [5, 5.41) is 5.90. The number of hydrogen-bond acceptors (Lipinski definition) is 3. The van der Waals surface area contributed by atoms with Gasteiger partial charge in [-0.3, -0.25) is 0 Å². The Kier molecular flexibility index (Phi) is 4.41. The first-order valence-electron chi connectivity index (χ1n) is 6.22. The maximum Gasteiger partial charge on any atom is 0.316 e. The third kappa shape index (κ3) is 3.92. The first-order valence-corrected chi connectivity index (χ1v) is 6.22. The van der Waals surface area contributed by atoms with E-state index in [1.54, 1.807) is 0 Å². The van der Waals surface area contributed by atoms with Gasteiger partial charge in [-0.15, -0.1) is 0 Å². The van der Waals surface area contributed by atoms with Gasteiger partial charge in [0.15, 0.2) is 0 Å². The summed E-state index contributed by atoms with van der Waals surface area (Å²) in [6.45, 7) is 2.65. The molecule has 2 rings (SSSR count). The van der Waals surface area contributed by atoms with Crippen molar-refractivity contribution in [2.45, 2.75) is 12.8 Å². The Morgan fingerprint density at radius 2 is 2.06 bits per heavy atom. The molecule has 1 aromatic carbocycles. The number of carbonyl (C=O) groups excluding carboxylic acids is 1. The number of nitrogens with two attached hydrogens (primary N) is 1. The van der Waals surface area contributed by atoms with Crippen LogP contribution in [0.1, 0.15) is 12.8 Å². The zero-order valence-corrected chi connectivity index (χ0v) is 10.3. The minimum Gasteiger partial charge on any atom is -0.385 e. The molecule has 1 heterocycles. The highest BCUT2D eigenvalue weighted by Gasteiger charge is 2.13. The van der Waals surface area contributed by atoms with Crippen LogP contribution in [-0.4, -0.2) is 25.8 Å². The molecule has 0 saturated carbocycles. The number of urea groups is 1. The maximum atomic E-state index is 10.7. The van der Waals surface area contributed by atoms with E-state index in [1.165, 1.54) is 6.42 Å². The third-order valence-electron chi connectivity index (χ3n) is 3.00. The highest BCUT2D eigenvalue weighted by molar-refractivity contribution is 5.87. The molecule has 1 aliphatic heterocycles. The lowest BCUT2D eigenvalue weighted by Gasteiger charge is -2.22. The van der Waals surface area contributed by atoms with Crippen molar-refractivity contribution < 1.29 is 9.53 Å². The van der Waals surface area contributed by atoms with Gasteiger partial charge in [0.2, 0.25) is 0 Å². The molecule has 0 radical (unpaired) electrons. The monoisotopic (exact) mass is 249 g/mol. The Labute approximate surface area is 107 Å². The topological polar surface area (TPSA) is 76.4 Å². The summed E-state index contributed by atoms with van der Waals surface area (Å²) in [6.07, 6.45) is 2.36. The molecule has 0 bridgehead atoms. The number of anilines is 2. The lowest BCUT2D eigenvalue weighted by atomic mass is 10.0. The summed E-state index contributed by atoms with van der Waals surface area (Å²) in [5.74, 6) is 0.585. The van der Waals surface area contributed by atoms with E-state index in [4.69, 9.17) is 10.5 Å². The van der Waals surface area contributed by atoms with Crippen molar-refractivity contribution in [2.24, 2.45) is 11.7 Å². The first kappa shape index (κ1) is 12.7. The molecule has 0 spiro atoms. The fourth-order valence-electron chi connectivity index (χ4n) is 2.04. The van der Waals surface area contributed by atoms with Crippen molar-refractivity contribution in [1.29, 1.82) is 0 Å². The van der Waals surface area contributed by atoms with E-state index in [-0.39, 0.29) is 0 Å². The van der Waals surface area contributed by atoms with E-state index in [0.717, 1.165) is 31.9 Å². The Morgan fingerprint density at radius 3 is 2.67 bits per heavy atom. The summed E-state index contributed by atoms with van der Waals surface area (Å²) in [5.41, 5.74) is 6.78. The van der Waals surface area contributed by atoms with E-state index < -0.39 is 6.03 Å². The van der Waals surface area contributed by atoms with Gasteiger partial charge in [0.25, 0.3) is 0 Å². The predicted octanol–water partition coefficient (Wildman–Crippen LogP) is 2.02. The molecule has 1 aromatic rings. The molecule has 2 amide bonds. The van der Waals surface area contributed by atoms with Crippen LogP contribution in [0.25, 0.3) is 0 Å². The fraction of sp³-hybridized carbons (Fsp3) is 0.462. The predicted molar refractivity (Wildman–Crippen MR) is 71.7 cm³/mol. The van der Waals surface area contributed by atoms with Crippen LogP contribution in [0.5, 0.6) is 0 Å². The van der Waals surface area contributed by atoms with Gasteiger partial charge >= 0.3 is 6.03 Å². The van der Waals surface area contributed by atoms with Crippen LogP contribution in [0, 0.1) is 5.92 Å². The highest BCUT2D eigenvalue weighted by atomic mass is 16.5. The molecule has 1 fully saturated rings. The quantitative estimate of drug-likeness (QED) is 0.764. The number of amides is 2. The van der Waals surface area contributed by atoms with Crippen LogP contribution in [0.15, 0.2) is 24.3 Å². The third-order valence-corrected chi connectivity index (χ3v) is 3.00. The van der Waals surface area contributed by atoms with Crippen LogP contribution in [0.3, 0.4) is 0 Å². The van der Waals surface area contributed by atoms with Gasteiger partial charge in [0, 0.05) is 24.5 Å². The van der Waals surface area contributed by atoms with Gasteiger partial charge in [0.1, 0.15) is 0 Å². The highest BCUT2D eigenvalue weighted by Crippen LogP contribution is 2.17. The van der Waals surface area contributed by atoms with Gasteiger partial charge in [-0.25, -0.2) is 4.79 Å². The zero-order valence-electron chi connectivity index (χ0n) is 10.3. The normalized spacial score (nSPS) is 19.2. The van der Waals surface area contributed by atoms with Crippen molar-refractivity contribution in [3.8, 4) is 0 Å². The maximum absolute atomic E-state index is 10.7. The van der Waals surface area contributed by atoms with Gasteiger partial charge < -0.3 is 21.1 Å². The number of primary amides is 1. The second-order valence-corrected chi connectivity index (χ2v) is 4.53. The lowest BCUT2D eigenvalue weighted by molar-refractivity contribution is 0.0595. The van der Waals surface area contributed by atoms with Crippen molar-refractivity contribution in [3.63, 3.8) is 0 Å². The smallest absolute Gasteiger partial charge is 0.316 e. The van der Waals surface area contributed by atoms with Gasteiger partial charge in [-0.1, -0.05) is 0 Å². The van der Waals surface area contributed by atoms with E-state index in [9.17, 15) is 4.79 Å². The Morgan fingerprint density at radius 1 is 1.33 bits per heavy atom. The van der Waals surface area contributed by atoms with Gasteiger partial charge in [-0.05, 0) is 43.0 Å². The van der Waals surface area contributed by atoms with E-state index >= 15 is 0 Å². The van der Waals surface area contributed by atoms with E-state index in [2.05, 4.69) is 10.6 Å². The number of hydrogen-bond donors (Lipinski definition) is 3. The average Bonchev–Trinajstić information content (AvgIpc) is 2.38. The van der Waals surface area contributed by atoms with Gasteiger partial charge in [-0.2, -0.15) is 0 Å². The van der Waals surface area contributed by atoms with Crippen molar-refractivity contribution in [3.05, 3.63) is 24.3 Å². The Balaban J connectivity index is 1.80. The molecule has 4 N–H and O–H groups in total. The molecule has 0 aromatic heterocycles. The van der Waals surface area contributed by atoms with Crippen molar-refractivity contribution in [2.75, 3.05) is 30.4 Å². The minimum absolute atomic E-state index is 0.546. The number of rotatable bonds is 4. The Hall–Kier alpha value is -1.75. The van der Waals surface area contributed by atoms with E-state index in [1.807, 2.05) is 24.3 Å². The van der Waals surface area contributed by atoms with Crippen LogP contribution in [0.2, 0.25) is 0 Å². The molecule has 0 aliphatic carbocycles. The summed E-state index contributed by atoms with van der Waals surface area (Å²) in [6, 6.07) is 6.95. The SMILES string of the molecule is NC(=O)Nc1ccc(NCC2CCCOC2)cc1. The molecule has 18 heavy (non-hydrogen) atoms. The summed E-state index contributed by atoms with van der Waals surface area (Å²) >= 11 is 0. The molecule has 1 atom stereocenters. The number of ether oxygens (including phenoxy) is 1. The standard InChI is InChI=1S/C13H19N3O2/c14-13(17)16-12-5-3-11(4-6-12)15-8-10-2-1-7-18-9-10/h3-6,10,15H,1-2,7-9H2,(H3,14,16,17). The second kappa shape index (κ2) is 6.26. The molecular weight excluding hydrogens is 230 g/mol. The first-order chi connectivity index (χ1) is 8.74. The summed E-state index contributed by atoms with van der Waals surface area (Å²) in [4.78, 5) is 10.7. The van der Waals surface area contributed by atoms with Crippen molar-refractivity contribution in [1.82, 2.24) is 0 Å². The van der Waals surface area contributed by atoms with Crippen LogP contribution >= 0.6 is 0 Å². The van der Waals surface area contributed by atoms with Crippen LogP contribution in [0.4, 0.5) is 16.2 Å². The molecule has 1 unspecified atom stereocenters. The van der Waals surface area contributed by atoms with Crippen molar-refractivity contribution >= 4 is 17.4 Å². The van der Waals surface area contributed by atoms with E-state index in [0.29, 0.717) is 11.6 Å². The lowest BCUT2D eigenvalue weighted by Crippen LogP contribution is -2.24.